The van der Waals surface area contributed by atoms with Crippen LogP contribution in [0.25, 0.3) is 0 Å². The molecule has 0 bridgehead atoms. The second-order valence-electron chi connectivity index (χ2n) is 3.79. The standard InChI is InChI=1S/C11H20N2S/c1-4-11(13(2)3)8-12-7-10-5-6-14-9-10/h5-6,9,11-12H,4,7-8H2,1-3H3. The number of hydrogen-bond acceptors (Lipinski definition) is 3. The molecule has 1 rings (SSSR count). The average molecular weight is 212 g/mol. The highest BCUT2D eigenvalue weighted by Crippen LogP contribution is 2.05. The Morgan fingerprint density at radius 1 is 1.50 bits per heavy atom. The predicted molar refractivity (Wildman–Crippen MR) is 63.8 cm³/mol. The van der Waals surface area contributed by atoms with E-state index in [1.54, 1.807) is 11.3 Å². The summed E-state index contributed by atoms with van der Waals surface area (Å²) in [5.74, 6) is 0. The van der Waals surface area contributed by atoms with Gasteiger partial charge in [-0.1, -0.05) is 6.92 Å². The molecule has 0 radical (unpaired) electrons. The zero-order valence-electron chi connectivity index (χ0n) is 9.29. The minimum Gasteiger partial charge on any atom is -0.311 e. The quantitative estimate of drug-likeness (QED) is 0.777. The molecular formula is C11H20N2S. The summed E-state index contributed by atoms with van der Waals surface area (Å²) in [6, 6.07) is 2.82. The number of likely N-dealkylation sites (N-methyl/N-ethyl adjacent to an activating group) is 1. The lowest BCUT2D eigenvalue weighted by atomic mass is 10.2. The third-order valence-electron chi connectivity index (χ3n) is 2.49. The Labute approximate surface area is 90.9 Å². The highest BCUT2D eigenvalue weighted by Gasteiger charge is 2.07. The number of thiophene rings is 1. The lowest BCUT2D eigenvalue weighted by Gasteiger charge is -2.23. The van der Waals surface area contributed by atoms with Crippen molar-refractivity contribution in [1.29, 1.82) is 0 Å². The van der Waals surface area contributed by atoms with Gasteiger partial charge in [-0.25, -0.2) is 0 Å². The van der Waals surface area contributed by atoms with Crippen LogP contribution in [-0.2, 0) is 6.54 Å². The molecule has 2 nitrogen and oxygen atoms in total. The van der Waals surface area contributed by atoms with E-state index >= 15 is 0 Å². The third-order valence-corrected chi connectivity index (χ3v) is 3.22. The van der Waals surface area contributed by atoms with Crippen LogP contribution in [0.15, 0.2) is 16.8 Å². The maximum Gasteiger partial charge on any atom is 0.0214 e. The van der Waals surface area contributed by atoms with Gasteiger partial charge in [-0.05, 0) is 42.9 Å². The third kappa shape index (κ3) is 3.78. The summed E-state index contributed by atoms with van der Waals surface area (Å²) in [6.45, 7) is 4.30. The van der Waals surface area contributed by atoms with Crippen molar-refractivity contribution in [3.05, 3.63) is 22.4 Å². The van der Waals surface area contributed by atoms with Gasteiger partial charge in [-0.15, -0.1) is 0 Å². The smallest absolute Gasteiger partial charge is 0.0214 e. The van der Waals surface area contributed by atoms with Crippen LogP contribution in [0, 0.1) is 0 Å². The normalized spacial score (nSPS) is 13.4. The van der Waals surface area contributed by atoms with Crippen molar-refractivity contribution in [2.75, 3.05) is 20.6 Å². The maximum absolute atomic E-state index is 3.49. The first-order valence-corrected chi connectivity index (χ1v) is 6.06. The highest BCUT2D eigenvalue weighted by molar-refractivity contribution is 7.07. The molecule has 0 amide bonds. The van der Waals surface area contributed by atoms with E-state index in [-0.39, 0.29) is 0 Å². The van der Waals surface area contributed by atoms with E-state index in [0.717, 1.165) is 13.1 Å². The van der Waals surface area contributed by atoms with E-state index in [1.807, 2.05) is 0 Å². The molecule has 0 aromatic carbocycles. The maximum atomic E-state index is 3.49. The molecule has 1 atom stereocenters. The number of hydrogen-bond donors (Lipinski definition) is 1. The molecule has 0 aliphatic heterocycles. The monoisotopic (exact) mass is 212 g/mol. The van der Waals surface area contributed by atoms with E-state index in [2.05, 4.69) is 48.1 Å². The Morgan fingerprint density at radius 2 is 2.29 bits per heavy atom. The Bertz CT molecular complexity index is 231. The van der Waals surface area contributed by atoms with Crippen LogP contribution in [-0.4, -0.2) is 31.6 Å². The number of rotatable bonds is 6. The van der Waals surface area contributed by atoms with Crippen LogP contribution >= 0.6 is 11.3 Å². The molecule has 0 saturated heterocycles. The first-order valence-electron chi connectivity index (χ1n) is 5.12. The molecule has 0 saturated carbocycles. The molecule has 1 heterocycles. The van der Waals surface area contributed by atoms with Gasteiger partial charge in [0.1, 0.15) is 0 Å². The molecule has 3 heteroatoms. The van der Waals surface area contributed by atoms with Crippen LogP contribution < -0.4 is 5.32 Å². The van der Waals surface area contributed by atoms with Crippen molar-refractivity contribution in [2.24, 2.45) is 0 Å². The zero-order valence-corrected chi connectivity index (χ0v) is 10.1. The lowest BCUT2D eigenvalue weighted by molar-refractivity contribution is 0.276. The molecule has 0 fully saturated rings. The van der Waals surface area contributed by atoms with E-state index in [9.17, 15) is 0 Å². The summed E-state index contributed by atoms with van der Waals surface area (Å²) in [7, 11) is 4.28. The van der Waals surface area contributed by atoms with Gasteiger partial charge in [0.25, 0.3) is 0 Å². The number of nitrogens with one attached hydrogen (secondary N) is 1. The van der Waals surface area contributed by atoms with Gasteiger partial charge >= 0.3 is 0 Å². The van der Waals surface area contributed by atoms with Crippen molar-refractivity contribution < 1.29 is 0 Å². The lowest BCUT2D eigenvalue weighted by Crippen LogP contribution is -2.37. The topological polar surface area (TPSA) is 15.3 Å². The Morgan fingerprint density at radius 3 is 2.79 bits per heavy atom. The molecule has 1 N–H and O–H groups in total. The van der Waals surface area contributed by atoms with Gasteiger partial charge in [0, 0.05) is 19.1 Å². The second-order valence-corrected chi connectivity index (χ2v) is 4.57. The van der Waals surface area contributed by atoms with Crippen molar-refractivity contribution in [2.45, 2.75) is 25.9 Å². The highest BCUT2D eigenvalue weighted by atomic mass is 32.1. The summed E-state index contributed by atoms with van der Waals surface area (Å²) in [6.07, 6.45) is 1.20. The van der Waals surface area contributed by atoms with Crippen LogP contribution in [0.1, 0.15) is 18.9 Å². The predicted octanol–water partition coefficient (Wildman–Crippen LogP) is 2.18. The van der Waals surface area contributed by atoms with Gasteiger partial charge in [0.15, 0.2) is 0 Å². The van der Waals surface area contributed by atoms with Crippen LogP contribution in [0.3, 0.4) is 0 Å². The summed E-state index contributed by atoms with van der Waals surface area (Å²) in [5, 5.41) is 7.81. The molecule has 14 heavy (non-hydrogen) atoms. The van der Waals surface area contributed by atoms with Gasteiger partial charge in [-0.2, -0.15) is 11.3 Å². The van der Waals surface area contributed by atoms with Gasteiger partial charge in [0.2, 0.25) is 0 Å². The van der Waals surface area contributed by atoms with E-state index in [4.69, 9.17) is 0 Å². The van der Waals surface area contributed by atoms with Gasteiger partial charge in [0.05, 0.1) is 0 Å². The summed E-state index contributed by atoms with van der Waals surface area (Å²) >= 11 is 1.76. The number of nitrogens with zero attached hydrogens (tertiary/aromatic N) is 1. The fourth-order valence-electron chi connectivity index (χ4n) is 1.47. The molecular weight excluding hydrogens is 192 g/mol. The van der Waals surface area contributed by atoms with E-state index in [0.29, 0.717) is 6.04 Å². The van der Waals surface area contributed by atoms with Crippen LogP contribution in [0.4, 0.5) is 0 Å². The van der Waals surface area contributed by atoms with Gasteiger partial charge in [-0.3, -0.25) is 0 Å². The van der Waals surface area contributed by atoms with Crippen LogP contribution in [0.2, 0.25) is 0 Å². The Kier molecular flexibility index (Phi) is 5.15. The van der Waals surface area contributed by atoms with Crippen molar-refractivity contribution in [3.8, 4) is 0 Å². The Hall–Kier alpha value is -0.380. The second kappa shape index (κ2) is 6.17. The molecule has 1 unspecified atom stereocenters. The fraction of sp³-hybridized carbons (Fsp3) is 0.636. The summed E-state index contributed by atoms with van der Waals surface area (Å²) < 4.78 is 0. The van der Waals surface area contributed by atoms with E-state index in [1.165, 1.54) is 12.0 Å². The zero-order chi connectivity index (χ0) is 10.4. The average Bonchev–Trinajstić information content (AvgIpc) is 2.64. The van der Waals surface area contributed by atoms with Crippen molar-refractivity contribution in [1.82, 2.24) is 10.2 Å². The van der Waals surface area contributed by atoms with Crippen molar-refractivity contribution >= 4 is 11.3 Å². The summed E-state index contributed by atoms with van der Waals surface area (Å²) in [4.78, 5) is 2.28. The fourth-order valence-corrected chi connectivity index (χ4v) is 2.14. The van der Waals surface area contributed by atoms with Crippen molar-refractivity contribution in [3.63, 3.8) is 0 Å². The van der Waals surface area contributed by atoms with Crippen LogP contribution in [0.5, 0.6) is 0 Å². The minimum absolute atomic E-state index is 0.647. The van der Waals surface area contributed by atoms with E-state index < -0.39 is 0 Å². The SMILES string of the molecule is CCC(CNCc1ccsc1)N(C)C. The molecule has 1 aromatic heterocycles. The largest absolute Gasteiger partial charge is 0.311 e. The minimum atomic E-state index is 0.647. The Balaban J connectivity index is 2.20. The first kappa shape index (κ1) is 11.7. The molecule has 1 aromatic rings. The molecule has 0 spiro atoms. The first-order chi connectivity index (χ1) is 6.74. The molecule has 0 aliphatic carbocycles. The molecule has 0 aliphatic rings. The molecule has 80 valence electrons. The summed E-state index contributed by atoms with van der Waals surface area (Å²) in [5.41, 5.74) is 1.39. The van der Waals surface area contributed by atoms with Gasteiger partial charge < -0.3 is 10.2 Å².